The van der Waals surface area contributed by atoms with Gasteiger partial charge in [0.1, 0.15) is 11.0 Å². The number of carbonyl (C=O) groups excluding carboxylic acids is 1. The van der Waals surface area contributed by atoms with Gasteiger partial charge in [-0.1, -0.05) is 17.7 Å². The fraction of sp³-hybridized carbons (Fsp3) is 0.500. The summed E-state index contributed by atoms with van der Waals surface area (Å²) in [6.45, 7) is 3.20. The number of rotatable bonds is 4. The summed E-state index contributed by atoms with van der Waals surface area (Å²) in [4.78, 5) is 17.8. The molecule has 6 heteroatoms. The van der Waals surface area contributed by atoms with E-state index in [1.807, 2.05) is 17.0 Å². The second-order valence-corrected chi connectivity index (χ2v) is 4.40. The molecule has 0 spiro atoms. The molecule has 5 nitrogen and oxygen atoms in total. The molecule has 1 aromatic rings. The number of hydrogen-bond donors (Lipinski definition) is 1. The number of morpholine rings is 1. The fourth-order valence-electron chi connectivity index (χ4n) is 1.78. The van der Waals surface area contributed by atoms with Crippen LogP contribution in [-0.4, -0.2) is 48.6 Å². The summed E-state index contributed by atoms with van der Waals surface area (Å²) in [7, 11) is 0. The minimum Gasteiger partial charge on any atom is -0.378 e. The molecule has 18 heavy (non-hydrogen) atoms. The van der Waals surface area contributed by atoms with E-state index in [9.17, 15) is 4.79 Å². The number of aromatic nitrogens is 1. The van der Waals surface area contributed by atoms with Gasteiger partial charge in [-0.15, -0.1) is 0 Å². The minimum atomic E-state index is 0.146. The van der Waals surface area contributed by atoms with Gasteiger partial charge in [-0.05, 0) is 12.1 Å². The van der Waals surface area contributed by atoms with Gasteiger partial charge >= 0.3 is 0 Å². The number of anilines is 1. The van der Waals surface area contributed by atoms with E-state index in [2.05, 4.69) is 10.3 Å². The van der Waals surface area contributed by atoms with Crippen LogP contribution in [0, 0.1) is 0 Å². The molecule has 1 N–H and O–H groups in total. The van der Waals surface area contributed by atoms with Gasteiger partial charge in [0, 0.05) is 26.1 Å². The predicted octanol–water partition coefficient (Wildman–Crippen LogP) is 1.40. The lowest BCUT2D eigenvalue weighted by Crippen LogP contribution is -2.41. The Morgan fingerprint density at radius 1 is 1.44 bits per heavy atom. The van der Waals surface area contributed by atoms with Gasteiger partial charge in [-0.3, -0.25) is 4.79 Å². The van der Waals surface area contributed by atoms with E-state index in [1.54, 1.807) is 6.07 Å². The standard InChI is InChI=1S/C12H16ClN3O2/c13-10-2-1-3-11(15-10)14-5-4-12(17)16-6-8-18-9-7-16/h1-3H,4-9H2,(H,14,15). The van der Waals surface area contributed by atoms with E-state index in [1.165, 1.54) is 0 Å². The average molecular weight is 270 g/mol. The second-order valence-electron chi connectivity index (χ2n) is 4.02. The molecule has 2 heterocycles. The van der Waals surface area contributed by atoms with Gasteiger partial charge in [0.25, 0.3) is 0 Å². The molecule has 0 saturated carbocycles. The van der Waals surface area contributed by atoms with Crippen LogP contribution in [0.5, 0.6) is 0 Å². The summed E-state index contributed by atoms with van der Waals surface area (Å²) in [5.74, 6) is 0.838. The van der Waals surface area contributed by atoms with Crippen molar-refractivity contribution < 1.29 is 9.53 Å². The number of pyridine rings is 1. The van der Waals surface area contributed by atoms with E-state index in [0.717, 1.165) is 0 Å². The lowest BCUT2D eigenvalue weighted by atomic mass is 10.3. The van der Waals surface area contributed by atoms with Gasteiger partial charge in [0.15, 0.2) is 0 Å². The molecule has 1 aromatic heterocycles. The smallest absolute Gasteiger partial charge is 0.224 e. The first-order valence-electron chi connectivity index (χ1n) is 5.97. The van der Waals surface area contributed by atoms with E-state index in [4.69, 9.17) is 16.3 Å². The first-order valence-corrected chi connectivity index (χ1v) is 6.35. The molecule has 1 aliphatic rings. The minimum absolute atomic E-state index is 0.146. The molecule has 0 aromatic carbocycles. The molecule has 0 bridgehead atoms. The molecule has 0 aliphatic carbocycles. The summed E-state index contributed by atoms with van der Waals surface area (Å²) < 4.78 is 5.20. The lowest BCUT2D eigenvalue weighted by Gasteiger charge is -2.26. The third-order valence-corrected chi connectivity index (χ3v) is 2.93. The normalized spacial score (nSPS) is 15.5. The van der Waals surface area contributed by atoms with Crippen molar-refractivity contribution in [2.24, 2.45) is 0 Å². The van der Waals surface area contributed by atoms with Crippen LogP contribution < -0.4 is 5.32 Å². The van der Waals surface area contributed by atoms with Crippen molar-refractivity contribution in [1.29, 1.82) is 0 Å². The highest BCUT2D eigenvalue weighted by Crippen LogP contribution is 2.09. The van der Waals surface area contributed by atoms with Crippen LogP contribution in [0.15, 0.2) is 18.2 Å². The van der Waals surface area contributed by atoms with Gasteiger partial charge in [-0.25, -0.2) is 4.98 Å². The Hall–Kier alpha value is -1.33. The van der Waals surface area contributed by atoms with Crippen molar-refractivity contribution in [3.05, 3.63) is 23.4 Å². The highest BCUT2D eigenvalue weighted by molar-refractivity contribution is 6.29. The number of carbonyl (C=O) groups is 1. The monoisotopic (exact) mass is 269 g/mol. The van der Waals surface area contributed by atoms with E-state index in [0.29, 0.717) is 50.2 Å². The highest BCUT2D eigenvalue weighted by atomic mass is 35.5. The fourth-order valence-corrected chi connectivity index (χ4v) is 1.94. The molecular formula is C12H16ClN3O2. The molecule has 1 fully saturated rings. The van der Waals surface area contributed by atoms with E-state index >= 15 is 0 Å². The molecular weight excluding hydrogens is 254 g/mol. The summed E-state index contributed by atoms with van der Waals surface area (Å²) in [6, 6.07) is 5.36. The molecule has 0 unspecified atom stereocenters. The van der Waals surface area contributed by atoms with Crippen molar-refractivity contribution >= 4 is 23.3 Å². The van der Waals surface area contributed by atoms with Crippen LogP contribution in [0.2, 0.25) is 5.15 Å². The van der Waals surface area contributed by atoms with Crippen LogP contribution in [0.25, 0.3) is 0 Å². The van der Waals surface area contributed by atoms with Crippen molar-refractivity contribution in [3.8, 4) is 0 Å². The summed E-state index contributed by atoms with van der Waals surface area (Å²) in [6.07, 6.45) is 0.453. The van der Waals surface area contributed by atoms with Crippen LogP contribution in [0.4, 0.5) is 5.82 Å². The van der Waals surface area contributed by atoms with Crippen LogP contribution in [-0.2, 0) is 9.53 Å². The SMILES string of the molecule is O=C(CCNc1cccc(Cl)n1)N1CCOCC1. The van der Waals surface area contributed by atoms with Crippen molar-refractivity contribution in [2.45, 2.75) is 6.42 Å². The molecule has 2 rings (SSSR count). The number of hydrogen-bond acceptors (Lipinski definition) is 4. The first kappa shape index (κ1) is 13.1. The zero-order chi connectivity index (χ0) is 12.8. The molecule has 1 aliphatic heterocycles. The van der Waals surface area contributed by atoms with Gasteiger partial charge in [-0.2, -0.15) is 0 Å². The van der Waals surface area contributed by atoms with Crippen LogP contribution >= 0.6 is 11.6 Å². The zero-order valence-corrected chi connectivity index (χ0v) is 10.8. The summed E-state index contributed by atoms with van der Waals surface area (Å²) >= 11 is 5.77. The predicted molar refractivity (Wildman–Crippen MR) is 69.8 cm³/mol. The zero-order valence-electron chi connectivity index (χ0n) is 10.1. The molecule has 1 saturated heterocycles. The molecule has 98 valence electrons. The van der Waals surface area contributed by atoms with Gasteiger partial charge in [0.2, 0.25) is 5.91 Å². The average Bonchev–Trinajstić information content (AvgIpc) is 2.40. The van der Waals surface area contributed by atoms with E-state index < -0.39 is 0 Å². The maximum Gasteiger partial charge on any atom is 0.224 e. The maximum atomic E-state index is 11.8. The molecule has 0 radical (unpaired) electrons. The maximum absolute atomic E-state index is 11.8. The Morgan fingerprint density at radius 3 is 2.94 bits per heavy atom. The third-order valence-electron chi connectivity index (χ3n) is 2.72. The van der Waals surface area contributed by atoms with Gasteiger partial charge in [0.05, 0.1) is 13.2 Å². The quantitative estimate of drug-likeness (QED) is 0.840. The Kier molecular flexibility index (Phi) is 4.78. The number of nitrogens with zero attached hydrogens (tertiary/aromatic N) is 2. The van der Waals surface area contributed by atoms with Crippen LogP contribution in [0.3, 0.4) is 0 Å². The Labute approximate surface area is 111 Å². The van der Waals surface area contributed by atoms with Crippen LogP contribution in [0.1, 0.15) is 6.42 Å². The third kappa shape index (κ3) is 3.85. The lowest BCUT2D eigenvalue weighted by molar-refractivity contribution is -0.134. The molecule has 0 atom stereocenters. The number of ether oxygens (including phenoxy) is 1. The van der Waals surface area contributed by atoms with E-state index in [-0.39, 0.29) is 5.91 Å². The first-order chi connectivity index (χ1) is 8.75. The van der Waals surface area contributed by atoms with Gasteiger partial charge < -0.3 is 15.0 Å². The summed E-state index contributed by atoms with van der Waals surface area (Å²) in [5, 5.41) is 3.53. The molecule has 1 amide bonds. The topological polar surface area (TPSA) is 54.5 Å². The number of amides is 1. The number of nitrogens with one attached hydrogen (secondary N) is 1. The number of halogens is 1. The largest absolute Gasteiger partial charge is 0.378 e. The highest BCUT2D eigenvalue weighted by Gasteiger charge is 2.15. The Morgan fingerprint density at radius 2 is 2.22 bits per heavy atom. The van der Waals surface area contributed by atoms with Crippen molar-refractivity contribution in [3.63, 3.8) is 0 Å². The Bertz CT molecular complexity index is 408. The Balaban J connectivity index is 1.73. The summed E-state index contributed by atoms with van der Waals surface area (Å²) in [5.41, 5.74) is 0. The van der Waals surface area contributed by atoms with Crippen molar-refractivity contribution in [2.75, 3.05) is 38.2 Å². The van der Waals surface area contributed by atoms with Crippen molar-refractivity contribution in [1.82, 2.24) is 9.88 Å². The second kappa shape index (κ2) is 6.56.